The molecular formula is C23H31N3O4. The molecule has 0 fully saturated rings. The van der Waals surface area contributed by atoms with E-state index in [9.17, 15) is 9.90 Å². The summed E-state index contributed by atoms with van der Waals surface area (Å²) < 4.78 is 11.5. The average Bonchev–Trinajstić information content (AvgIpc) is 2.75. The highest BCUT2D eigenvalue weighted by atomic mass is 16.5. The Hall–Kier alpha value is -2.64. The van der Waals surface area contributed by atoms with Gasteiger partial charge in [-0.05, 0) is 44.8 Å². The molecule has 7 nitrogen and oxygen atoms in total. The van der Waals surface area contributed by atoms with Gasteiger partial charge in [0, 0.05) is 30.8 Å². The van der Waals surface area contributed by atoms with Gasteiger partial charge in [-0.25, -0.2) is 4.98 Å². The van der Waals surface area contributed by atoms with E-state index in [1.807, 2.05) is 51.4 Å². The predicted octanol–water partition coefficient (Wildman–Crippen LogP) is 2.54. The molecule has 2 aromatic rings. The second-order valence-electron chi connectivity index (χ2n) is 8.19. The quantitative estimate of drug-likeness (QED) is 0.785. The van der Waals surface area contributed by atoms with Gasteiger partial charge in [0.2, 0.25) is 5.88 Å². The molecule has 1 aromatic heterocycles. The van der Waals surface area contributed by atoms with Crippen molar-refractivity contribution in [3.05, 3.63) is 42.1 Å². The van der Waals surface area contributed by atoms with Crippen molar-refractivity contribution < 1.29 is 19.4 Å². The minimum atomic E-state index is -0.296. The maximum absolute atomic E-state index is 13.4. The van der Waals surface area contributed by atoms with Gasteiger partial charge in [-0.2, -0.15) is 0 Å². The monoisotopic (exact) mass is 413 g/mol. The molecule has 3 rings (SSSR count). The van der Waals surface area contributed by atoms with E-state index >= 15 is 0 Å². The van der Waals surface area contributed by atoms with Gasteiger partial charge in [0.05, 0.1) is 19.8 Å². The number of amides is 1. The van der Waals surface area contributed by atoms with Gasteiger partial charge in [-0.15, -0.1) is 0 Å². The van der Waals surface area contributed by atoms with Crippen molar-refractivity contribution in [2.45, 2.75) is 26.0 Å². The number of rotatable bonds is 6. The number of hydrogen-bond donors (Lipinski definition) is 1. The van der Waals surface area contributed by atoms with E-state index in [0.29, 0.717) is 24.5 Å². The Labute approximate surface area is 178 Å². The zero-order valence-corrected chi connectivity index (χ0v) is 18.3. The minimum Gasteiger partial charge on any atom is -0.497 e. The van der Waals surface area contributed by atoms with Crippen molar-refractivity contribution in [1.29, 1.82) is 0 Å². The third-order valence-electron chi connectivity index (χ3n) is 5.49. The van der Waals surface area contributed by atoms with E-state index in [1.165, 1.54) is 0 Å². The normalized spacial score (nSPS) is 20.2. The Balaban J connectivity index is 2.04. The van der Waals surface area contributed by atoms with Crippen LogP contribution in [0.2, 0.25) is 0 Å². The molecule has 30 heavy (non-hydrogen) atoms. The number of methoxy groups -OCH3 is 1. The van der Waals surface area contributed by atoms with E-state index < -0.39 is 0 Å². The largest absolute Gasteiger partial charge is 0.497 e. The number of likely N-dealkylation sites (N-methyl/N-ethyl adjacent to an activating group) is 1. The summed E-state index contributed by atoms with van der Waals surface area (Å²) in [6.07, 6.45) is 1.60. The molecule has 0 saturated heterocycles. The Bertz CT molecular complexity index is 869. The maximum atomic E-state index is 13.4. The molecule has 0 bridgehead atoms. The van der Waals surface area contributed by atoms with Crippen molar-refractivity contribution in [2.24, 2.45) is 5.92 Å². The fourth-order valence-corrected chi connectivity index (χ4v) is 3.62. The Morgan fingerprint density at radius 2 is 2.00 bits per heavy atom. The van der Waals surface area contributed by atoms with E-state index in [-0.39, 0.29) is 30.6 Å². The number of carbonyl (C=O) groups excluding carboxylic acids is 1. The predicted molar refractivity (Wildman–Crippen MR) is 116 cm³/mol. The summed E-state index contributed by atoms with van der Waals surface area (Å²) in [6, 6.07) is 9.14. The molecule has 7 heteroatoms. The number of carbonyl (C=O) groups is 1. The molecule has 1 aliphatic heterocycles. The SMILES string of the molecule is COc1ccc(-c2cnc3c(c2)C(=O)N([C@@H](C)CO)C[C@H](C)[C@@H](CN(C)C)O3)cc1. The highest BCUT2D eigenvalue weighted by Gasteiger charge is 2.34. The van der Waals surface area contributed by atoms with Gasteiger partial charge in [-0.1, -0.05) is 19.1 Å². The van der Waals surface area contributed by atoms with Crippen LogP contribution in [-0.2, 0) is 0 Å². The topological polar surface area (TPSA) is 75.1 Å². The second-order valence-corrected chi connectivity index (χ2v) is 8.19. The zero-order chi connectivity index (χ0) is 21.8. The first-order valence-electron chi connectivity index (χ1n) is 10.2. The summed E-state index contributed by atoms with van der Waals surface area (Å²) in [4.78, 5) is 21.7. The van der Waals surface area contributed by atoms with E-state index in [1.54, 1.807) is 18.2 Å². The molecule has 1 aliphatic rings. The maximum Gasteiger partial charge on any atom is 0.259 e. The molecule has 3 atom stereocenters. The lowest BCUT2D eigenvalue weighted by Crippen LogP contribution is -2.49. The smallest absolute Gasteiger partial charge is 0.259 e. The van der Waals surface area contributed by atoms with Crippen LogP contribution in [0.4, 0.5) is 0 Å². The molecule has 0 spiro atoms. The van der Waals surface area contributed by atoms with Crippen molar-refractivity contribution >= 4 is 5.91 Å². The van der Waals surface area contributed by atoms with Crippen LogP contribution >= 0.6 is 0 Å². The van der Waals surface area contributed by atoms with Gasteiger partial charge in [-0.3, -0.25) is 4.79 Å². The van der Waals surface area contributed by atoms with Crippen LogP contribution in [0.15, 0.2) is 36.5 Å². The van der Waals surface area contributed by atoms with Crippen LogP contribution in [-0.4, -0.2) is 78.8 Å². The molecule has 0 unspecified atom stereocenters. The van der Waals surface area contributed by atoms with Crippen LogP contribution in [0.1, 0.15) is 24.2 Å². The highest BCUT2D eigenvalue weighted by molar-refractivity contribution is 5.98. The van der Waals surface area contributed by atoms with Crippen molar-refractivity contribution in [3.8, 4) is 22.8 Å². The first-order chi connectivity index (χ1) is 14.3. The zero-order valence-electron chi connectivity index (χ0n) is 18.3. The molecule has 162 valence electrons. The number of fused-ring (bicyclic) bond motifs is 1. The lowest BCUT2D eigenvalue weighted by molar-refractivity contribution is 0.0348. The van der Waals surface area contributed by atoms with Gasteiger partial charge in [0.15, 0.2) is 0 Å². The summed E-state index contributed by atoms with van der Waals surface area (Å²) in [5.41, 5.74) is 2.17. The van der Waals surface area contributed by atoms with Gasteiger partial charge in [0.25, 0.3) is 5.91 Å². The van der Waals surface area contributed by atoms with E-state index in [4.69, 9.17) is 9.47 Å². The molecule has 0 aliphatic carbocycles. The fraction of sp³-hybridized carbons (Fsp3) is 0.478. The first kappa shape index (κ1) is 22.1. The lowest BCUT2D eigenvalue weighted by atomic mass is 9.99. The highest BCUT2D eigenvalue weighted by Crippen LogP contribution is 2.30. The number of aliphatic hydroxyl groups is 1. The third-order valence-corrected chi connectivity index (χ3v) is 5.49. The van der Waals surface area contributed by atoms with Crippen LogP contribution < -0.4 is 9.47 Å². The van der Waals surface area contributed by atoms with Crippen LogP contribution in [0.25, 0.3) is 11.1 Å². The number of aliphatic hydroxyl groups excluding tert-OH is 1. The number of nitrogens with zero attached hydrogens (tertiary/aromatic N) is 3. The van der Waals surface area contributed by atoms with Crippen LogP contribution in [0, 0.1) is 5.92 Å². The summed E-state index contributed by atoms with van der Waals surface area (Å²) in [5.74, 6) is 1.01. The second kappa shape index (κ2) is 9.45. The summed E-state index contributed by atoms with van der Waals surface area (Å²) >= 11 is 0. The summed E-state index contributed by atoms with van der Waals surface area (Å²) in [7, 11) is 5.62. The van der Waals surface area contributed by atoms with E-state index in [2.05, 4.69) is 16.8 Å². The Morgan fingerprint density at radius 1 is 1.30 bits per heavy atom. The Morgan fingerprint density at radius 3 is 2.60 bits per heavy atom. The molecule has 2 heterocycles. The number of pyridine rings is 1. The lowest BCUT2D eigenvalue weighted by Gasteiger charge is -2.37. The Kier molecular flexibility index (Phi) is 6.95. The van der Waals surface area contributed by atoms with Crippen molar-refractivity contribution in [3.63, 3.8) is 0 Å². The van der Waals surface area contributed by atoms with Crippen LogP contribution in [0.5, 0.6) is 11.6 Å². The molecule has 0 saturated carbocycles. The van der Waals surface area contributed by atoms with Gasteiger partial charge < -0.3 is 24.4 Å². The van der Waals surface area contributed by atoms with Gasteiger partial charge >= 0.3 is 0 Å². The molecule has 1 aromatic carbocycles. The summed E-state index contributed by atoms with van der Waals surface area (Å²) in [5, 5.41) is 9.73. The number of benzene rings is 1. The molecule has 1 amide bonds. The third kappa shape index (κ3) is 4.74. The summed E-state index contributed by atoms with van der Waals surface area (Å²) in [6.45, 7) is 5.03. The average molecular weight is 414 g/mol. The first-order valence-corrected chi connectivity index (χ1v) is 10.2. The molecule has 1 N–H and O–H groups in total. The molecule has 0 radical (unpaired) electrons. The van der Waals surface area contributed by atoms with Crippen molar-refractivity contribution in [2.75, 3.05) is 40.9 Å². The fourth-order valence-electron chi connectivity index (χ4n) is 3.62. The number of aromatic nitrogens is 1. The minimum absolute atomic E-state index is 0.0848. The van der Waals surface area contributed by atoms with Crippen LogP contribution in [0.3, 0.4) is 0 Å². The van der Waals surface area contributed by atoms with Gasteiger partial charge in [0.1, 0.15) is 17.4 Å². The standard InChI is InChI=1S/C23H31N3O4/c1-15-12-26(16(2)14-27)23(28)20-10-18(17-6-8-19(29-5)9-7-17)11-24-22(20)30-21(15)13-25(3)4/h6-11,15-16,21,27H,12-14H2,1-5H3/t15-,16-,21+/m0/s1. The molecular weight excluding hydrogens is 382 g/mol. The van der Waals surface area contributed by atoms with E-state index in [0.717, 1.165) is 16.9 Å². The van der Waals surface area contributed by atoms with Crippen molar-refractivity contribution in [1.82, 2.24) is 14.8 Å². The number of ether oxygens (including phenoxy) is 2. The number of hydrogen-bond acceptors (Lipinski definition) is 6.